The van der Waals surface area contributed by atoms with Gasteiger partial charge in [0.2, 0.25) is 0 Å². The molecule has 4 aromatic rings. The number of fused-ring (bicyclic) bond motifs is 1. The van der Waals surface area contributed by atoms with Crippen molar-refractivity contribution in [3.05, 3.63) is 101 Å². The number of hydrogen-bond donors (Lipinski definition) is 2. The van der Waals surface area contributed by atoms with Crippen LogP contribution in [0.25, 0.3) is 5.69 Å². The highest BCUT2D eigenvalue weighted by Crippen LogP contribution is 2.30. The molecule has 0 unspecified atom stereocenters. The molecule has 7 nitrogen and oxygen atoms in total. The third-order valence-corrected chi connectivity index (χ3v) is 5.67. The minimum Gasteiger partial charge on any atom is -0.319 e. The first kappa shape index (κ1) is 22.3. The summed E-state index contributed by atoms with van der Waals surface area (Å²) in [5.74, 6) is -3.78. The average molecular weight is 477 g/mol. The van der Waals surface area contributed by atoms with Crippen LogP contribution < -0.4 is 10.6 Å². The highest BCUT2D eigenvalue weighted by molar-refractivity contribution is 6.09. The molecule has 2 aromatic carbocycles. The lowest BCUT2D eigenvalue weighted by Gasteiger charge is -2.12. The Labute approximate surface area is 197 Å². The maximum absolute atomic E-state index is 14.0. The zero-order valence-electron chi connectivity index (χ0n) is 18.2. The number of nitrogens with zero attached hydrogens (tertiary/aromatic N) is 3. The van der Waals surface area contributed by atoms with Gasteiger partial charge in [0, 0.05) is 23.5 Å². The molecule has 1 aliphatic rings. The van der Waals surface area contributed by atoms with E-state index < -0.39 is 29.3 Å². The molecular weight excluding hydrogens is 459 g/mol. The smallest absolute Gasteiger partial charge is 0.276 e. The summed E-state index contributed by atoms with van der Waals surface area (Å²) in [6, 6.07) is 11.8. The van der Waals surface area contributed by atoms with Crippen LogP contribution in [0.5, 0.6) is 0 Å². The molecule has 35 heavy (non-hydrogen) atoms. The minimum absolute atomic E-state index is 0.0356. The fourth-order valence-corrected chi connectivity index (χ4v) is 4.04. The van der Waals surface area contributed by atoms with Crippen LogP contribution in [0.2, 0.25) is 0 Å². The van der Waals surface area contributed by atoms with Crippen molar-refractivity contribution < 1.29 is 22.8 Å². The molecule has 1 aliphatic carbocycles. The van der Waals surface area contributed by atoms with Gasteiger partial charge in [0.25, 0.3) is 11.8 Å². The fraction of sp³-hybridized carbons (Fsp3) is 0.120. The fourth-order valence-electron chi connectivity index (χ4n) is 4.04. The van der Waals surface area contributed by atoms with Gasteiger partial charge in [-0.05, 0) is 61.7 Å². The van der Waals surface area contributed by atoms with Crippen LogP contribution in [-0.4, -0.2) is 26.6 Å². The van der Waals surface area contributed by atoms with E-state index in [0.29, 0.717) is 18.4 Å². The van der Waals surface area contributed by atoms with Gasteiger partial charge < -0.3 is 10.6 Å². The monoisotopic (exact) mass is 477 g/mol. The van der Waals surface area contributed by atoms with Crippen LogP contribution in [0.4, 0.5) is 24.5 Å². The lowest BCUT2D eigenvalue weighted by molar-refractivity contribution is 0.101. The minimum atomic E-state index is -1.02. The van der Waals surface area contributed by atoms with Crippen molar-refractivity contribution >= 4 is 23.2 Å². The second kappa shape index (κ2) is 9.05. The van der Waals surface area contributed by atoms with E-state index in [2.05, 4.69) is 20.7 Å². The van der Waals surface area contributed by atoms with Gasteiger partial charge in [-0.25, -0.2) is 17.9 Å². The number of hydrogen-bond acceptors (Lipinski definition) is 4. The van der Waals surface area contributed by atoms with Gasteiger partial charge in [0.05, 0.1) is 17.1 Å². The van der Waals surface area contributed by atoms with Gasteiger partial charge in [-0.2, -0.15) is 5.10 Å². The van der Waals surface area contributed by atoms with E-state index in [-0.39, 0.29) is 28.5 Å². The number of amides is 2. The zero-order valence-corrected chi connectivity index (χ0v) is 18.2. The second-order valence-electron chi connectivity index (χ2n) is 7.95. The lowest BCUT2D eigenvalue weighted by atomic mass is 10.1. The molecule has 0 atom stereocenters. The first-order valence-electron chi connectivity index (χ1n) is 10.8. The van der Waals surface area contributed by atoms with E-state index in [1.165, 1.54) is 29.1 Å². The molecule has 2 heterocycles. The number of aromatic nitrogens is 3. The molecule has 0 spiro atoms. The van der Waals surface area contributed by atoms with E-state index in [1.54, 1.807) is 12.1 Å². The quantitative estimate of drug-likeness (QED) is 0.437. The molecule has 0 radical (unpaired) electrons. The van der Waals surface area contributed by atoms with Gasteiger partial charge >= 0.3 is 0 Å². The largest absolute Gasteiger partial charge is 0.319 e. The van der Waals surface area contributed by atoms with Crippen LogP contribution in [-0.2, 0) is 12.8 Å². The van der Waals surface area contributed by atoms with Crippen molar-refractivity contribution in [3.63, 3.8) is 0 Å². The topological polar surface area (TPSA) is 88.9 Å². The van der Waals surface area contributed by atoms with Crippen molar-refractivity contribution in [1.82, 2.24) is 14.8 Å². The van der Waals surface area contributed by atoms with Crippen LogP contribution >= 0.6 is 0 Å². The molecule has 0 fully saturated rings. The predicted molar refractivity (Wildman–Crippen MR) is 122 cm³/mol. The number of carbonyl (C=O) groups excluding carboxylic acids is 2. The maximum Gasteiger partial charge on any atom is 0.276 e. The first-order chi connectivity index (χ1) is 16.9. The number of anilines is 2. The molecule has 2 aromatic heterocycles. The molecule has 176 valence electrons. The van der Waals surface area contributed by atoms with Crippen molar-refractivity contribution in [2.75, 3.05) is 10.6 Å². The van der Waals surface area contributed by atoms with E-state index in [9.17, 15) is 22.8 Å². The highest BCUT2D eigenvalue weighted by atomic mass is 19.2. The Kier molecular flexibility index (Phi) is 5.77. The third kappa shape index (κ3) is 4.37. The van der Waals surface area contributed by atoms with E-state index >= 15 is 0 Å². The third-order valence-electron chi connectivity index (χ3n) is 5.67. The Morgan fingerprint density at radius 1 is 0.857 bits per heavy atom. The summed E-state index contributed by atoms with van der Waals surface area (Å²) in [5, 5.41) is 9.59. The number of benzene rings is 2. The summed E-state index contributed by atoms with van der Waals surface area (Å²) >= 11 is 0. The van der Waals surface area contributed by atoms with Crippen molar-refractivity contribution in [1.29, 1.82) is 0 Å². The Bertz CT molecular complexity index is 1450. The molecular formula is C25H18F3N5O2. The summed E-state index contributed by atoms with van der Waals surface area (Å²) in [6.07, 6.45) is 3.42. The summed E-state index contributed by atoms with van der Waals surface area (Å²) < 4.78 is 42.6. The lowest BCUT2D eigenvalue weighted by Crippen LogP contribution is -2.19. The SMILES string of the molecule is O=C(Nc1ccc(F)cc1NC(=O)c1nn(-c2ccc(F)c(F)c2)c2c1CCC2)c1ccccn1. The van der Waals surface area contributed by atoms with Gasteiger partial charge in [-0.1, -0.05) is 6.07 Å². The molecule has 10 heteroatoms. The van der Waals surface area contributed by atoms with Crippen LogP contribution in [0.1, 0.15) is 38.7 Å². The second-order valence-corrected chi connectivity index (χ2v) is 7.95. The molecule has 2 N–H and O–H groups in total. The van der Waals surface area contributed by atoms with Gasteiger partial charge in [0.1, 0.15) is 11.5 Å². The van der Waals surface area contributed by atoms with Crippen molar-refractivity contribution in [2.45, 2.75) is 19.3 Å². The summed E-state index contributed by atoms with van der Waals surface area (Å²) in [7, 11) is 0. The van der Waals surface area contributed by atoms with Crippen molar-refractivity contribution in [2.24, 2.45) is 0 Å². The number of pyridine rings is 1. The number of nitrogens with one attached hydrogen (secondary N) is 2. The molecule has 5 rings (SSSR count). The predicted octanol–water partition coefficient (Wildman–Crippen LogP) is 4.68. The normalized spacial score (nSPS) is 12.3. The summed E-state index contributed by atoms with van der Waals surface area (Å²) in [5.41, 5.74) is 2.15. The Morgan fingerprint density at radius 3 is 2.46 bits per heavy atom. The molecule has 0 aliphatic heterocycles. The number of rotatable bonds is 5. The van der Waals surface area contributed by atoms with Crippen LogP contribution in [0.15, 0.2) is 60.8 Å². The summed E-state index contributed by atoms with van der Waals surface area (Å²) in [4.78, 5) is 29.7. The number of carbonyl (C=O) groups is 2. The Balaban J connectivity index is 1.45. The van der Waals surface area contributed by atoms with Gasteiger partial charge in [0.15, 0.2) is 17.3 Å². The highest BCUT2D eigenvalue weighted by Gasteiger charge is 2.28. The van der Waals surface area contributed by atoms with E-state index in [0.717, 1.165) is 36.4 Å². The average Bonchev–Trinajstić information content (AvgIpc) is 3.46. The Morgan fingerprint density at radius 2 is 1.69 bits per heavy atom. The van der Waals surface area contributed by atoms with E-state index in [4.69, 9.17) is 0 Å². The molecule has 2 amide bonds. The molecule has 0 saturated carbocycles. The van der Waals surface area contributed by atoms with E-state index in [1.807, 2.05) is 0 Å². The maximum atomic E-state index is 14.0. The van der Waals surface area contributed by atoms with Crippen LogP contribution in [0, 0.1) is 17.5 Å². The zero-order chi connectivity index (χ0) is 24.5. The first-order valence-corrected chi connectivity index (χ1v) is 10.8. The van der Waals surface area contributed by atoms with Gasteiger partial charge in [-0.3, -0.25) is 14.6 Å². The van der Waals surface area contributed by atoms with Crippen molar-refractivity contribution in [3.8, 4) is 5.69 Å². The molecule has 0 saturated heterocycles. The standard InChI is InChI=1S/C25H18F3N5O2/c26-14-7-10-19(30-24(34)20-5-1-2-11-29-20)21(12-14)31-25(35)23-16-4-3-6-22(16)33(32-23)15-8-9-17(27)18(28)13-15/h1-2,5,7-13H,3-4,6H2,(H,30,34)(H,31,35). The summed E-state index contributed by atoms with van der Waals surface area (Å²) in [6.45, 7) is 0. The molecule has 0 bridgehead atoms. The Hall–Kier alpha value is -4.47. The number of halogens is 3. The van der Waals surface area contributed by atoms with Gasteiger partial charge in [-0.15, -0.1) is 0 Å². The van der Waals surface area contributed by atoms with Crippen LogP contribution in [0.3, 0.4) is 0 Å².